The molecule has 0 aliphatic heterocycles. The lowest BCUT2D eigenvalue weighted by Crippen LogP contribution is -2.33. The number of unbranched alkanes of at least 4 members (excludes halogenated alkanes) is 2. The molecule has 2 aromatic heterocycles. The van der Waals surface area contributed by atoms with Gasteiger partial charge in [0.15, 0.2) is 5.69 Å². The van der Waals surface area contributed by atoms with Gasteiger partial charge in [0.05, 0.1) is 13.5 Å². The van der Waals surface area contributed by atoms with Crippen LogP contribution in [0.5, 0.6) is 5.75 Å². The van der Waals surface area contributed by atoms with E-state index in [4.69, 9.17) is 4.74 Å². The summed E-state index contributed by atoms with van der Waals surface area (Å²) in [6, 6.07) is 24.4. The average Bonchev–Trinajstić information content (AvgIpc) is 3.65. The molecule has 43 heavy (non-hydrogen) atoms. The van der Waals surface area contributed by atoms with Gasteiger partial charge in [-0.2, -0.15) is 0 Å². The summed E-state index contributed by atoms with van der Waals surface area (Å²) in [4.78, 5) is 35.6. The topological polar surface area (TPSA) is 101 Å². The minimum Gasteiger partial charge on any atom is -0.497 e. The highest BCUT2D eigenvalue weighted by Crippen LogP contribution is 2.28. The van der Waals surface area contributed by atoms with Crippen LogP contribution in [-0.4, -0.2) is 28.8 Å². The molecule has 0 saturated heterocycles. The predicted molar refractivity (Wildman–Crippen MR) is 171 cm³/mol. The summed E-state index contributed by atoms with van der Waals surface area (Å²) in [5, 5.41) is 4.29. The molecule has 0 saturated carbocycles. The number of fused-ring (bicyclic) bond motifs is 1. The fourth-order valence-electron chi connectivity index (χ4n) is 5.64. The number of methoxy groups -OCH3 is 1. The van der Waals surface area contributed by atoms with Gasteiger partial charge in [-0.1, -0.05) is 68.3 Å². The minimum absolute atomic E-state index is 0.0476. The zero-order valence-corrected chi connectivity index (χ0v) is 25.3. The van der Waals surface area contributed by atoms with Crippen LogP contribution in [0.4, 0.5) is 0 Å². The van der Waals surface area contributed by atoms with Crippen molar-refractivity contribution < 1.29 is 19.3 Å². The molecule has 222 valence electrons. The van der Waals surface area contributed by atoms with Crippen molar-refractivity contribution in [3.63, 3.8) is 0 Å². The van der Waals surface area contributed by atoms with E-state index in [2.05, 4.69) is 56.7 Å². The third kappa shape index (κ3) is 7.41. The van der Waals surface area contributed by atoms with Gasteiger partial charge in [-0.25, -0.2) is 9.97 Å². The Morgan fingerprint density at radius 3 is 2.49 bits per heavy atom. The highest BCUT2D eigenvalue weighted by molar-refractivity contribution is 5.91. The summed E-state index contributed by atoms with van der Waals surface area (Å²) < 4.78 is 5.43. The second kappa shape index (κ2) is 14.0. The number of nitrogens with one attached hydrogen (secondary N) is 4. The van der Waals surface area contributed by atoms with Gasteiger partial charge in [0.2, 0.25) is 5.91 Å². The van der Waals surface area contributed by atoms with E-state index < -0.39 is 0 Å². The van der Waals surface area contributed by atoms with Crippen molar-refractivity contribution >= 4 is 22.6 Å². The number of benzene rings is 3. The number of hydrogen-bond acceptors (Lipinski definition) is 3. The maximum Gasteiger partial charge on any atom is 0.275 e. The van der Waals surface area contributed by atoms with Crippen LogP contribution in [0.25, 0.3) is 33.3 Å². The molecule has 0 aliphatic rings. The lowest BCUT2D eigenvalue weighted by atomic mass is 10.0. The van der Waals surface area contributed by atoms with Gasteiger partial charge in [-0.3, -0.25) is 9.59 Å². The Kier molecular flexibility index (Phi) is 9.72. The van der Waals surface area contributed by atoms with Crippen LogP contribution in [0, 0.1) is 6.92 Å². The molecule has 0 unspecified atom stereocenters. The molecule has 1 atom stereocenters. The van der Waals surface area contributed by atoms with Crippen molar-refractivity contribution in [2.45, 2.75) is 64.8 Å². The number of carbonyl (C=O) groups excluding carboxylic acids is 2. The second-order valence-corrected chi connectivity index (χ2v) is 11.1. The SMILES string of the molecule is CCC(=O)CCCCC[C@H](NC(=O)Cc1c(C)[nH]c2ccc(OC)cc12)c1[nH]c(-c2cccc(-c3ccccc3)c2)c[nH+]1. The summed E-state index contributed by atoms with van der Waals surface area (Å²) >= 11 is 0. The van der Waals surface area contributed by atoms with Crippen LogP contribution < -0.4 is 15.0 Å². The summed E-state index contributed by atoms with van der Waals surface area (Å²) in [5.74, 6) is 1.87. The molecule has 2 heterocycles. The molecule has 0 radical (unpaired) electrons. The van der Waals surface area contributed by atoms with E-state index in [1.54, 1.807) is 7.11 Å². The Hall–Kier alpha value is -4.65. The first-order valence-electron chi connectivity index (χ1n) is 15.2. The monoisotopic (exact) mass is 577 g/mol. The van der Waals surface area contributed by atoms with Crippen LogP contribution in [0.3, 0.4) is 0 Å². The molecule has 0 aliphatic carbocycles. The first-order valence-corrected chi connectivity index (χ1v) is 15.2. The number of aromatic amines is 3. The van der Waals surface area contributed by atoms with E-state index in [0.29, 0.717) is 18.6 Å². The van der Waals surface area contributed by atoms with E-state index in [-0.39, 0.29) is 18.4 Å². The third-order valence-electron chi connectivity index (χ3n) is 8.11. The maximum atomic E-state index is 13.5. The van der Waals surface area contributed by atoms with E-state index in [1.807, 2.05) is 56.4 Å². The van der Waals surface area contributed by atoms with Gasteiger partial charge in [-0.05, 0) is 60.7 Å². The minimum atomic E-state index is -0.222. The standard InChI is InChI=1S/C36H40N4O3/c1-4-28(41)16-9-6-10-17-33(39-35(42)22-30-24(2)38-32-19-18-29(43-3)21-31(30)32)36-37-23-34(40-36)27-15-11-14-26(20-27)25-12-7-5-8-13-25/h5,7-8,11-15,18-21,23,33,38H,4,6,9-10,16-17,22H2,1-3H3,(H,37,40)(H,39,42)/p+1/t33-/m0/s1. The number of ketones is 1. The molecule has 1 amide bonds. The Labute approximate surface area is 253 Å². The van der Waals surface area contributed by atoms with E-state index in [0.717, 1.165) is 81.8 Å². The van der Waals surface area contributed by atoms with Crippen molar-refractivity contribution in [2.75, 3.05) is 7.11 Å². The Bertz CT molecular complexity index is 1690. The van der Waals surface area contributed by atoms with Crippen molar-refractivity contribution in [1.82, 2.24) is 15.3 Å². The van der Waals surface area contributed by atoms with E-state index in [1.165, 1.54) is 0 Å². The van der Waals surface area contributed by atoms with Crippen molar-refractivity contribution in [1.29, 1.82) is 0 Å². The van der Waals surface area contributed by atoms with Crippen LogP contribution in [0.15, 0.2) is 79.0 Å². The van der Waals surface area contributed by atoms with Crippen molar-refractivity contribution in [3.8, 4) is 28.1 Å². The third-order valence-corrected chi connectivity index (χ3v) is 8.11. The normalized spacial score (nSPS) is 11.9. The number of H-pyrrole nitrogens is 3. The fourth-order valence-corrected chi connectivity index (χ4v) is 5.64. The summed E-state index contributed by atoms with van der Waals surface area (Å²) in [6.45, 7) is 3.91. The Morgan fingerprint density at radius 1 is 0.907 bits per heavy atom. The highest BCUT2D eigenvalue weighted by Gasteiger charge is 2.24. The van der Waals surface area contributed by atoms with Gasteiger partial charge < -0.3 is 15.0 Å². The summed E-state index contributed by atoms with van der Waals surface area (Å²) in [7, 11) is 1.65. The molecule has 7 heteroatoms. The lowest BCUT2D eigenvalue weighted by molar-refractivity contribution is -0.391. The largest absolute Gasteiger partial charge is 0.497 e. The van der Waals surface area contributed by atoms with Gasteiger partial charge >= 0.3 is 0 Å². The Morgan fingerprint density at radius 2 is 1.70 bits per heavy atom. The maximum absolute atomic E-state index is 13.5. The number of imidazole rings is 1. The zero-order chi connectivity index (χ0) is 30.2. The number of amides is 1. The average molecular weight is 578 g/mol. The number of rotatable bonds is 14. The predicted octanol–water partition coefficient (Wildman–Crippen LogP) is 7.29. The first-order chi connectivity index (χ1) is 20.9. The van der Waals surface area contributed by atoms with Crippen molar-refractivity contribution in [2.24, 2.45) is 0 Å². The molecule has 7 nitrogen and oxygen atoms in total. The number of hydrogen-bond donors (Lipinski definition) is 3. The molecular weight excluding hydrogens is 536 g/mol. The molecule has 0 bridgehead atoms. The highest BCUT2D eigenvalue weighted by atomic mass is 16.5. The molecular formula is C36H41N4O3+. The van der Waals surface area contributed by atoms with Gasteiger partial charge in [0.1, 0.15) is 23.8 Å². The second-order valence-electron chi connectivity index (χ2n) is 11.1. The number of Topliss-reactive ketones (excluding diaryl/α,β-unsaturated/α-hetero) is 1. The van der Waals surface area contributed by atoms with Crippen molar-refractivity contribution in [3.05, 3.63) is 96.1 Å². The van der Waals surface area contributed by atoms with Crippen LogP contribution in [-0.2, 0) is 16.0 Å². The van der Waals surface area contributed by atoms with Gasteiger partial charge in [0.25, 0.3) is 5.82 Å². The molecule has 3 aromatic carbocycles. The summed E-state index contributed by atoms with van der Waals surface area (Å²) in [5.41, 5.74) is 7.26. The summed E-state index contributed by atoms with van der Waals surface area (Å²) in [6.07, 6.45) is 6.89. The van der Waals surface area contributed by atoms with Gasteiger partial charge in [0, 0.05) is 35.0 Å². The van der Waals surface area contributed by atoms with Crippen LogP contribution >= 0.6 is 0 Å². The molecule has 0 spiro atoms. The molecule has 0 fully saturated rings. The number of ether oxygens (including phenoxy) is 1. The first kappa shape index (κ1) is 29.8. The lowest BCUT2D eigenvalue weighted by Gasteiger charge is -2.14. The molecule has 5 aromatic rings. The fraction of sp³-hybridized carbons (Fsp3) is 0.306. The van der Waals surface area contributed by atoms with Crippen LogP contribution in [0.2, 0.25) is 0 Å². The molecule has 4 N–H and O–H groups in total. The van der Waals surface area contributed by atoms with Crippen LogP contribution in [0.1, 0.15) is 68.6 Å². The number of aryl methyl sites for hydroxylation is 1. The smallest absolute Gasteiger partial charge is 0.275 e. The van der Waals surface area contributed by atoms with E-state index >= 15 is 0 Å². The van der Waals surface area contributed by atoms with E-state index in [9.17, 15) is 9.59 Å². The Balaban J connectivity index is 1.34. The quantitative estimate of drug-likeness (QED) is 0.121. The number of carbonyl (C=O) groups is 2. The zero-order valence-electron chi connectivity index (χ0n) is 25.3. The number of aromatic nitrogens is 3. The molecule has 5 rings (SSSR count). The van der Waals surface area contributed by atoms with Gasteiger partial charge in [-0.15, -0.1) is 0 Å².